The van der Waals surface area contributed by atoms with Crippen LogP contribution >= 0.6 is 11.6 Å². The standard InChI is InChI=1S/C18H20ClNO3/c1-18(2,17(22)23-3)16(12-8-10-13(19)11-9-12)20-14-6-4-5-7-15(14)21/h4-11,16,20-21H,1-3H3. The largest absolute Gasteiger partial charge is 0.506 e. The Morgan fingerprint density at radius 3 is 2.35 bits per heavy atom. The van der Waals surface area contributed by atoms with Crippen molar-refractivity contribution in [2.24, 2.45) is 5.41 Å². The number of hydrogen-bond donors (Lipinski definition) is 2. The number of para-hydroxylation sites is 2. The fourth-order valence-electron chi connectivity index (χ4n) is 2.47. The summed E-state index contributed by atoms with van der Waals surface area (Å²) in [5.41, 5.74) is 0.558. The summed E-state index contributed by atoms with van der Waals surface area (Å²) in [5.74, 6) is -0.229. The first-order valence-corrected chi connectivity index (χ1v) is 7.62. The van der Waals surface area contributed by atoms with Crippen molar-refractivity contribution >= 4 is 23.3 Å². The molecule has 0 bridgehead atoms. The topological polar surface area (TPSA) is 58.6 Å². The zero-order valence-electron chi connectivity index (χ0n) is 13.3. The van der Waals surface area contributed by atoms with Crippen molar-refractivity contribution < 1.29 is 14.6 Å². The van der Waals surface area contributed by atoms with Gasteiger partial charge >= 0.3 is 5.97 Å². The molecule has 0 aromatic heterocycles. The molecule has 0 aliphatic heterocycles. The average Bonchev–Trinajstić information content (AvgIpc) is 2.54. The normalized spacial score (nSPS) is 12.5. The van der Waals surface area contributed by atoms with Gasteiger partial charge in [-0.3, -0.25) is 4.79 Å². The lowest BCUT2D eigenvalue weighted by atomic mass is 9.80. The molecule has 2 aromatic carbocycles. The quantitative estimate of drug-likeness (QED) is 0.629. The molecule has 1 atom stereocenters. The van der Waals surface area contributed by atoms with E-state index in [1.807, 2.05) is 18.2 Å². The minimum Gasteiger partial charge on any atom is -0.506 e. The zero-order chi connectivity index (χ0) is 17.0. The number of methoxy groups -OCH3 is 1. The Morgan fingerprint density at radius 2 is 1.78 bits per heavy atom. The van der Waals surface area contributed by atoms with Crippen LogP contribution in [0, 0.1) is 5.41 Å². The van der Waals surface area contributed by atoms with Gasteiger partial charge in [0, 0.05) is 5.02 Å². The monoisotopic (exact) mass is 333 g/mol. The van der Waals surface area contributed by atoms with Gasteiger partial charge in [-0.2, -0.15) is 0 Å². The SMILES string of the molecule is COC(=O)C(C)(C)C(Nc1ccccc1O)c1ccc(Cl)cc1. The first-order valence-electron chi connectivity index (χ1n) is 7.24. The number of phenolic OH excluding ortho intramolecular Hbond substituents is 1. The fourth-order valence-corrected chi connectivity index (χ4v) is 2.59. The molecule has 0 radical (unpaired) electrons. The Morgan fingerprint density at radius 1 is 1.17 bits per heavy atom. The summed E-state index contributed by atoms with van der Waals surface area (Å²) in [5, 5.41) is 13.9. The van der Waals surface area contributed by atoms with E-state index in [4.69, 9.17) is 16.3 Å². The Hall–Kier alpha value is -2.20. The summed E-state index contributed by atoms with van der Waals surface area (Å²) in [6, 6.07) is 13.7. The van der Waals surface area contributed by atoms with Crippen LogP contribution in [0.25, 0.3) is 0 Å². The van der Waals surface area contributed by atoms with E-state index in [1.54, 1.807) is 44.2 Å². The number of halogens is 1. The van der Waals surface area contributed by atoms with E-state index >= 15 is 0 Å². The Labute approximate surface area is 141 Å². The number of ether oxygens (including phenoxy) is 1. The van der Waals surface area contributed by atoms with Crippen LogP contribution in [0.4, 0.5) is 5.69 Å². The predicted octanol–water partition coefficient (Wildman–Crippen LogP) is 4.40. The van der Waals surface area contributed by atoms with Crippen LogP contribution in [0.15, 0.2) is 48.5 Å². The molecule has 23 heavy (non-hydrogen) atoms. The molecule has 1 unspecified atom stereocenters. The molecule has 0 aliphatic carbocycles. The number of esters is 1. The van der Waals surface area contributed by atoms with Crippen molar-refractivity contribution in [1.82, 2.24) is 0 Å². The minimum absolute atomic E-state index is 0.118. The first kappa shape index (κ1) is 17.2. The molecule has 4 nitrogen and oxygen atoms in total. The highest BCUT2D eigenvalue weighted by Gasteiger charge is 2.39. The molecular formula is C18H20ClNO3. The van der Waals surface area contributed by atoms with Gasteiger partial charge in [0.05, 0.1) is 24.3 Å². The molecule has 122 valence electrons. The lowest BCUT2D eigenvalue weighted by Gasteiger charge is -2.33. The highest BCUT2D eigenvalue weighted by atomic mass is 35.5. The third-order valence-electron chi connectivity index (χ3n) is 3.84. The highest BCUT2D eigenvalue weighted by Crippen LogP contribution is 2.39. The van der Waals surface area contributed by atoms with Gasteiger partial charge in [-0.25, -0.2) is 0 Å². The molecule has 2 N–H and O–H groups in total. The summed E-state index contributed by atoms with van der Waals surface area (Å²) in [6.45, 7) is 3.59. The highest BCUT2D eigenvalue weighted by molar-refractivity contribution is 6.30. The smallest absolute Gasteiger partial charge is 0.313 e. The molecule has 0 amide bonds. The number of carbonyl (C=O) groups is 1. The molecule has 0 fully saturated rings. The summed E-state index contributed by atoms with van der Waals surface area (Å²) in [6.07, 6.45) is 0. The maximum absolute atomic E-state index is 12.2. The van der Waals surface area contributed by atoms with Crippen LogP contribution in [-0.2, 0) is 9.53 Å². The molecule has 0 heterocycles. The van der Waals surface area contributed by atoms with Gasteiger partial charge in [-0.1, -0.05) is 35.9 Å². The van der Waals surface area contributed by atoms with E-state index in [1.165, 1.54) is 7.11 Å². The van der Waals surface area contributed by atoms with Gasteiger partial charge in [0.2, 0.25) is 0 Å². The predicted molar refractivity (Wildman–Crippen MR) is 91.7 cm³/mol. The Bertz CT molecular complexity index is 683. The number of rotatable bonds is 5. The maximum atomic E-state index is 12.2. The second kappa shape index (κ2) is 6.92. The van der Waals surface area contributed by atoms with Gasteiger partial charge in [0.25, 0.3) is 0 Å². The van der Waals surface area contributed by atoms with Crippen molar-refractivity contribution in [1.29, 1.82) is 0 Å². The van der Waals surface area contributed by atoms with Crippen LogP contribution < -0.4 is 5.32 Å². The Kier molecular flexibility index (Phi) is 5.16. The van der Waals surface area contributed by atoms with Crippen LogP contribution in [0.5, 0.6) is 5.75 Å². The number of anilines is 1. The summed E-state index contributed by atoms with van der Waals surface area (Å²) >= 11 is 5.95. The number of nitrogens with one attached hydrogen (secondary N) is 1. The van der Waals surface area contributed by atoms with E-state index in [2.05, 4.69) is 5.32 Å². The van der Waals surface area contributed by atoms with Gasteiger partial charge in [0.1, 0.15) is 5.75 Å². The second-order valence-electron chi connectivity index (χ2n) is 5.86. The number of aromatic hydroxyl groups is 1. The lowest BCUT2D eigenvalue weighted by Crippen LogP contribution is -2.36. The molecule has 0 saturated carbocycles. The van der Waals surface area contributed by atoms with Crippen LogP contribution in [-0.4, -0.2) is 18.2 Å². The molecule has 2 aromatic rings. The van der Waals surface area contributed by atoms with Crippen LogP contribution in [0.1, 0.15) is 25.5 Å². The van der Waals surface area contributed by atoms with Crippen LogP contribution in [0.2, 0.25) is 5.02 Å². The van der Waals surface area contributed by atoms with Gasteiger partial charge in [-0.05, 0) is 43.7 Å². The van der Waals surface area contributed by atoms with E-state index in [-0.39, 0.29) is 11.7 Å². The lowest BCUT2D eigenvalue weighted by molar-refractivity contribution is -0.151. The van der Waals surface area contributed by atoms with E-state index in [9.17, 15) is 9.90 Å². The number of benzene rings is 2. The summed E-state index contributed by atoms with van der Waals surface area (Å²) < 4.78 is 4.94. The van der Waals surface area contributed by atoms with Crippen molar-refractivity contribution in [2.45, 2.75) is 19.9 Å². The average molecular weight is 334 g/mol. The third kappa shape index (κ3) is 3.77. The second-order valence-corrected chi connectivity index (χ2v) is 6.30. The van der Waals surface area contributed by atoms with Crippen molar-refractivity contribution in [3.05, 3.63) is 59.1 Å². The number of carbonyl (C=O) groups excluding carboxylic acids is 1. The molecule has 0 spiro atoms. The minimum atomic E-state index is -0.856. The van der Waals surface area contributed by atoms with Gasteiger partial charge < -0.3 is 15.2 Å². The molecule has 5 heteroatoms. The van der Waals surface area contributed by atoms with Gasteiger partial charge in [0.15, 0.2) is 0 Å². The summed E-state index contributed by atoms with van der Waals surface area (Å²) in [4.78, 5) is 12.2. The summed E-state index contributed by atoms with van der Waals surface area (Å²) in [7, 11) is 1.36. The Balaban J connectivity index is 2.45. The zero-order valence-corrected chi connectivity index (χ0v) is 14.1. The van der Waals surface area contributed by atoms with Crippen LogP contribution in [0.3, 0.4) is 0 Å². The molecular weight excluding hydrogens is 314 g/mol. The van der Waals surface area contributed by atoms with E-state index in [0.29, 0.717) is 10.7 Å². The third-order valence-corrected chi connectivity index (χ3v) is 4.09. The fraction of sp³-hybridized carbons (Fsp3) is 0.278. The van der Waals surface area contributed by atoms with E-state index in [0.717, 1.165) is 5.56 Å². The number of hydrogen-bond acceptors (Lipinski definition) is 4. The maximum Gasteiger partial charge on any atom is 0.313 e. The molecule has 0 saturated heterocycles. The first-order chi connectivity index (χ1) is 10.9. The van der Waals surface area contributed by atoms with Crippen molar-refractivity contribution in [3.8, 4) is 5.75 Å². The van der Waals surface area contributed by atoms with E-state index < -0.39 is 11.5 Å². The number of phenols is 1. The molecule has 2 rings (SSSR count). The molecule has 0 aliphatic rings. The van der Waals surface area contributed by atoms with Crippen molar-refractivity contribution in [3.63, 3.8) is 0 Å². The van der Waals surface area contributed by atoms with Crippen molar-refractivity contribution in [2.75, 3.05) is 12.4 Å². The van der Waals surface area contributed by atoms with Gasteiger partial charge in [-0.15, -0.1) is 0 Å².